The van der Waals surface area contributed by atoms with Crippen molar-refractivity contribution in [3.05, 3.63) is 100 Å². The molecule has 1 aliphatic rings. The zero-order valence-electron chi connectivity index (χ0n) is 17.1. The molecule has 1 amide bonds. The summed E-state index contributed by atoms with van der Waals surface area (Å²) in [5.41, 5.74) is 1.15. The molecule has 3 aromatic rings. The first-order chi connectivity index (χ1) is 14.9. The Hall–Kier alpha value is -3.24. The van der Waals surface area contributed by atoms with Crippen molar-refractivity contribution in [3.63, 3.8) is 0 Å². The van der Waals surface area contributed by atoms with Gasteiger partial charge in [-0.05, 0) is 24.0 Å². The van der Waals surface area contributed by atoms with Crippen molar-refractivity contribution in [2.75, 3.05) is 0 Å². The van der Waals surface area contributed by atoms with E-state index in [9.17, 15) is 19.5 Å². The number of nitro benzene ring substituents is 1. The Morgan fingerprint density at radius 1 is 1.00 bits per heavy atom. The van der Waals surface area contributed by atoms with Gasteiger partial charge in [-0.3, -0.25) is 14.9 Å². The number of carbonyl (C=O) groups excluding carboxylic acids is 1. The Balaban J connectivity index is 1.92. The third kappa shape index (κ3) is 3.91. The van der Waals surface area contributed by atoms with Gasteiger partial charge in [0, 0.05) is 35.3 Å². The lowest BCUT2D eigenvalue weighted by Gasteiger charge is -2.39. The summed E-state index contributed by atoms with van der Waals surface area (Å²) in [5.74, 6) is -0.262. The second-order valence-electron chi connectivity index (χ2n) is 7.75. The highest BCUT2D eigenvalue weighted by Crippen LogP contribution is 2.56. The number of nitrogens with one attached hydrogen (secondary N) is 1. The Bertz CT molecular complexity index is 1120. The normalized spacial score (nSPS) is 18.1. The van der Waals surface area contributed by atoms with Gasteiger partial charge >= 0.3 is 0 Å². The third-order valence-corrected chi connectivity index (χ3v) is 9.50. The Labute approximate surface area is 180 Å². The fourth-order valence-electron chi connectivity index (χ4n) is 4.51. The molecule has 0 spiro atoms. The Kier molecular flexibility index (Phi) is 5.75. The van der Waals surface area contributed by atoms with E-state index in [0.29, 0.717) is 18.4 Å². The number of amides is 1. The van der Waals surface area contributed by atoms with E-state index in [2.05, 4.69) is 5.32 Å². The second-order valence-corrected chi connectivity index (χ2v) is 10.8. The first-order valence-corrected chi connectivity index (χ1v) is 11.9. The molecule has 0 aromatic heterocycles. The molecule has 4 rings (SSSR count). The summed E-state index contributed by atoms with van der Waals surface area (Å²) in [5, 5.41) is 15.8. The molecule has 0 radical (unpaired) electrons. The second kappa shape index (κ2) is 8.48. The minimum Gasteiger partial charge on any atom is -0.349 e. The summed E-state index contributed by atoms with van der Waals surface area (Å²) >= 11 is 0. The van der Waals surface area contributed by atoms with E-state index >= 15 is 0 Å². The molecule has 6 nitrogen and oxygen atoms in total. The van der Waals surface area contributed by atoms with E-state index in [-0.39, 0.29) is 11.6 Å². The highest BCUT2D eigenvalue weighted by molar-refractivity contribution is 7.79. The third-order valence-electron chi connectivity index (χ3n) is 5.87. The monoisotopic (exact) mass is 434 g/mol. The van der Waals surface area contributed by atoms with Crippen LogP contribution in [0.2, 0.25) is 0 Å². The van der Waals surface area contributed by atoms with Crippen LogP contribution in [0.4, 0.5) is 5.69 Å². The molecule has 0 unspecified atom stereocenters. The van der Waals surface area contributed by atoms with Crippen molar-refractivity contribution < 1.29 is 14.3 Å². The quantitative estimate of drug-likeness (QED) is 0.372. The summed E-state index contributed by atoms with van der Waals surface area (Å²) in [4.78, 5) is 23.1. The van der Waals surface area contributed by atoms with E-state index < -0.39 is 23.8 Å². The summed E-state index contributed by atoms with van der Waals surface area (Å²) in [7, 11) is -3.19. The predicted octanol–water partition coefficient (Wildman–Crippen LogP) is 4.10. The highest BCUT2D eigenvalue weighted by atomic mass is 31.2. The van der Waals surface area contributed by atoms with E-state index in [0.717, 1.165) is 16.2 Å². The average Bonchev–Trinajstić information content (AvgIpc) is 2.79. The maximum Gasteiger partial charge on any atom is 0.269 e. The van der Waals surface area contributed by atoms with Crippen LogP contribution in [-0.4, -0.2) is 16.5 Å². The molecular weight excluding hydrogens is 411 g/mol. The van der Waals surface area contributed by atoms with Crippen LogP contribution in [0.1, 0.15) is 30.5 Å². The molecule has 1 aliphatic carbocycles. The van der Waals surface area contributed by atoms with Crippen molar-refractivity contribution >= 4 is 29.3 Å². The molecule has 3 aromatic carbocycles. The predicted molar refractivity (Wildman–Crippen MR) is 122 cm³/mol. The first kappa shape index (κ1) is 21.0. The zero-order valence-corrected chi connectivity index (χ0v) is 18.0. The van der Waals surface area contributed by atoms with Gasteiger partial charge in [0.2, 0.25) is 5.91 Å². The van der Waals surface area contributed by atoms with Crippen LogP contribution in [0.15, 0.2) is 78.9 Å². The van der Waals surface area contributed by atoms with Gasteiger partial charge in [0.1, 0.15) is 7.14 Å². The van der Waals surface area contributed by atoms with Gasteiger partial charge in [-0.15, -0.1) is 0 Å². The van der Waals surface area contributed by atoms with E-state index in [4.69, 9.17) is 0 Å². The van der Waals surface area contributed by atoms with Gasteiger partial charge in [0.15, 0.2) is 0 Å². The summed E-state index contributed by atoms with van der Waals surface area (Å²) in [6, 6.07) is 22.8. The van der Waals surface area contributed by atoms with Crippen LogP contribution in [0, 0.1) is 10.1 Å². The number of nitrogens with zero attached hydrogens (tertiary/aromatic N) is 1. The Morgan fingerprint density at radius 3 is 2.10 bits per heavy atom. The van der Waals surface area contributed by atoms with Gasteiger partial charge in [-0.1, -0.05) is 66.7 Å². The van der Waals surface area contributed by atoms with Gasteiger partial charge < -0.3 is 9.88 Å². The molecule has 0 fully saturated rings. The molecular formula is C24H23N2O4P. The number of hydrogen-bond acceptors (Lipinski definition) is 4. The largest absolute Gasteiger partial charge is 0.349 e. The number of hydrogen-bond donors (Lipinski definition) is 1. The number of benzene rings is 3. The van der Waals surface area contributed by atoms with Crippen molar-refractivity contribution in [1.82, 2.24) is 5.32 Å². The number of fused-ring (bicyclic) bond motifs is 1. The standard InChI is InChI=1S/C24H23N2O4P/c1-17(27)25-24-22-16-19(26(28)29)14-12-18(22)13-15-23(24)31(30,20-8-4-2-5-9-20)21-10-6-3-7-11-21/h2-12,14,16,23-24H,13,15H2,1H3,(H,25,27)/t23-,24+/m0/s1. The van der Waals surface area contributed by atoms with Crippen molar-refractivity contribution in [2.45, 2.75) is 31.5 Å². The van der Waals surface area contributed by atoms with Gasteiger partial charge in [-0.2, -0.15) is 0 Å². The summed E-state index contributed by atoms with van der Waals surface area (Å²) < 4.78 is 14.9. The van der Waals surface area contributed by atoms with E-state index in [1.54, 1.807) is 6.07 Å². The molecule has 158 valence electrons. The zero-order chi connectivity index (χ0) is 22.0. The fourth-order valence-corrected chi connectivity index (χ4v) is 7.95. The number of aryl methyl sites for hydroxylation is 1. The first-order valence-electron chi connectivity index (χ1n) is 10.2. The number of carbonyl (C=O) groups is 1. The van der Waals surface area contributed by atoms with Gasteiger partial charge in [0.05, 0.1) is 11.0 Å². The van der Waals surface area contributed by atoms with E-state index in [1.165, 1.54) is 19.1 Å². The minimum absolute atomic E-state index is 0.0380. The van der Waals surface area contributed by atoms with Crippen LogP contribution in [-0.2, 0) is 15.8 Å². The van der Waals surface area contributed by atoms with Crippen molar-refractivity contribution in [3.8, 4) is 0 Å². The van der Waals surface area contributed by atoms with Crippen LogP contribution in [0.3, 0.4) is 0 Å². The van der Waals surface area contributed by atoms with E-state index in [1.807, 2.05) is 60.7 Å². The lowest BCUT2D eigenvalue weighted by Crippen LogP contribution is -2.42. The highest BCUT2D eigenvalue weighted by Gasteiger charge is 2.45. The molecule has 1 N–H and O–H groups in total. The lowest BCUT2D eigenvalue weighted by molar-refractivity contribution is -0.385. The van der Waals surface area contributed by atoms with Crippen LogP contribution < -0.4 is 15.9 Å². The number of non-ortho nitro benzene ring substituents is 1. The number of rotatable bonds is 5. The number of nitro groups is 1. The topological polar surface area (TPSA) is 89.3 Å². The molecule has 0 saturated heterocycles. The van der Waals surface area contributed by atoms with Crippen molar-refractivity contribution in [1.29, 1.82) is 0 Å². The molecule has 7 heteroatoms. The van der Waals surface area contributed by atoms with Gasteiger partial charge in [-0.25, -0.2) is 0 Å². The maximum absolute atomic E-state index is 14.9. The molecule has 2 atom stereocenters. The average molecular weight is 434 g/mol. The van der Waals surface area contributed by atoms with Crippen LogP contribution in [0.5, 0.6) is 0 Å². The SMILES string of the molecule is CC(=O)N[C@@H]1c2cc([N+](=O)[O-])ccc2CC[C@@H]1P(=O)(c1ccccc1)c1ccccc1. The van der Waals surface area contributed by atoms with Crippen molar-refractivity contribution in [2.24, 2.45) is 0 Å². The smallest absolute Gasteiger partial charge is 0.269 e. The maximum atomic E-state index is 14.9. The molecule has 0 bridgehead atoms. The van der Waals surface area contributed by atoms with Crippen LogP contribution >= 0.6 is 7.14 Å². The van der Waals surface area contributed by atoms with Crippen LogP contribution in [0.25, 0.3) is 0 Å². The molecule has 31 heavy (non-hydrogen) atoms. The summed E-state index contributed by atoms with van der Waals surface area (Å²) in [6.07, 6.45) is 1.23. The summed E-state index contributed by atoms with van der Waals surface area (Å²) in [6.45, 7) is 1.42. The molecule has 0 saturated carbocycles. The van der Waals surface area contributed by atoms with Gasteiger partial charge in [0.25, 0.3) is 5.69 Å². The fraction of sp³-hybridized carbons (Fsp3) is 0.208. The Morgan fingerprint density at radius 2 is 1.58 bits per heavy atom. The molecule has 0 aliphatic heterocycles. The lowest BCUT2D eigenvalue weighted by atomic mass is 9.86. The molecule has 0 heterocycles. The minimum atomic E-state index is -3.19.